The normalized spacial score (nSPS) is 18.3. The number of carbonyl (C=O) groups is 2. The number of hydrogen-bond acceptors (Lipinski definition) is 2. The fourth-order valence-electron chi connectivity index (χ4n) is 4.36. The van der Waals surface area contributed by atoms with Crippen LogP contribution in [0.15, 0.2) is 48.1 Å². The van der Waals surface area contributed by atoms with Crippen LogP contribution in [0.25, 0.3) is 10.9 Å². The average molecular weight is 462 g/mol. The Kier molecular flexibility index (Phi) is 7.54. The van der Waals surface area contributed by atoms with Gasteiger partial charge in [-0.1, -0.05) is 49.3 Å². The summed E-state index contributed by atoms with van der Waals surface area (Å²) in [4.78, 5) is 28.8. The number of amides is 2. The summed E-state index contributed by atoms with van der Waals surface area (Å²) in [6, 6.07) is 3.40. The Morgan fingerprint density at radius 1 is 1.00 bits per heavy atom. The molecule has 1 saturated heterocycles. The van der Waals surface area contributed by atoms with Gasteiger partial charge in [-0.3, -0.25) is 9.59 Å². The summed E-state index contributed by atoms with van der Waals surface area (Å²) in [7, 11) is 0. The van der Waals surface area contributed by atoms with Crippen molar-refractivity contribution in [1.82, 2.24) is 15.6 Å². The monoisotopic (exact) mass is 461 g/mol. The molecule has 1 aliphatic heterocycles. The highest BCUT2D eigenvalue weighted by Gasteiger charge is 2.34. The van der Waals surface area contributed by atoms with E-state index in [1.165, 1.54) is 22.3 Å². The second kappa shape index (κ2) is 10.0. The molecule has 0 unspecified atom stereocenters. The number of allylic oxidation sites excluding steroid dienone is 5. The van der Waals surface area contributed by atoms with Gasteiger partial charge in [-0.05, 0) is 70.2 Å². The lowest BCUT2D eigenvalue weighted by molar-refractivity contribution is -0.136. The molecule has 1 aliphatic rings. The Hall–Kier alpha value is -3.08. The van der Waals surface area contributed by atoms with Crippen LogP contribution in [0, 0.1) is 0 Å². The first-order valence-electron chi connectivity index (χ1n) is 12.1. The molecular weight excluding hydrogens is 422 g/mol. The lowest BCUT2D eigenvalue weighted by Gasteiger charge is -2.29. The molecule has 5 heteroatoms. The number of hydrogen-bond donors (Lipinski definition) is 3. The van der Waals surface area contributed by atoms with Gasteiger partial charge >= 0.3 is 0 Å². The number of carbonyl (C=O) groups excluding carboxylic acids is 2. The highest BCUT2D eigenvalue weighted by molar-refractivity contribution is 5.97. The molecule has 5 nitrogen and oxygen atoms in total. The average Bonchev–Trinajstić information content (AvgIpc) is 3.13. The number of piperazine rings is 1. The molecule has 2 aromatic rings. The minimum Gasteiger partial charge on any atom is -0.357 e. The van der Waals surface area contributed by atoms with Crippen molar-refractivity contribution < 1.29 is 9.59 Å². The minimum absolute atomic E-state index is 0.144. The van der Waals surface area contributed by atoms with Crippen molar-refractivity contribution in [1.29, 1.82) is 0 Å². The summed E-state index contributed by atoms with van der Waals surface area (Å²) in [5.74, 6) is -0.295. The number of nitrogens with one attached hydrogen (secondary N) is 3. The van der Waals surface area contributed by atoms with E-state index in [2.05, 4.69) is 88.0 Å². The van der Waals surface area contributed by atoms with Crippen molar-refractivity contribution in [2.45, 2.75) is 85.2 Å². The Morgan fingerprint density at radius 3 is 2.26 bits per heavy atom. The largest absolute Gasteiger partial charge is 0.357 e. The molecule has 1 aromatic heterocycles. The first-order valence-corrected chi connectivity index (χ1v) is 12.1. The molecule has 0 radical (unpaired) electrons. The molecule has 0 bridgehead atoms. The number of aromatic nitrogens is 1. The van der Waals surface area contributed by atoms with Crippen LogP contribution in [0.3, 0.4) is 0 Å². The second-order valence-corrected chi connectivity index (χ2v) is 10.5. The van der Waals surface area contributed by atoms with E-state index < -0.39 is 12.1 Å². The van der Waals surface area contributed by atoms with Crippen molar-refractivity contribution >= 4 is 22.7 Å². The van der Waals surface area contributed by atoms with Gasteiger partial charge in [0.25, 0.3) is 0 Å². The lowest BCUT2D eigenvalue weighted by atomic mass is 9.84. The maximum Gasteiger partial charge on any atom is 0.243 e. The van der Waals surface area contributed by atoms with Gasteiger partial charge in [0.05, 0.1) is 0 Å². The summed E-state index contributed by atoms with van der Waals surface area (Å²) >= 11 is 0. The van der Waals surface area contributed by atoms with Gasteiger partial charge in [0.2, 0.25) is 11.8 Å². The van der Waals surface area contributed by atoms with E-state index in [1.807, 2.05) is 6.08 Å². The minimum atomic E-state index is -0.607. The molecule has 0 aliphatic carbocycles. The smallest absolute Gasteiger partial charge is 0.243 e. The third kappa shape index (κ3) is 5.52. The maximum atomic E-state index is 12.8. The Morgan fingerprint density at radius 2 is 1.65 bits per heavy atom. The third-order valence-electron chi connectivity index (χ3n) is 6.58. The van der Waals surface area contributed by atoms with Gasteiger partial charge in [0.15, 0.2) is 0 Å². The van der Waals surface area contributed by atoms with E-state index >= 15 is 0 Å². The van der Waals surface area contributed by atoms with Crippen molar-refractivity contribution in [3.8, 4) is 0 Å². The number of H-pyrrole nitrogens is 1. The van der Waals surface area contributed by atoms with Crippen LogP contribution in [0.5, 0.6) is 0 Å². The summed E-state index contributed by atoms with van der Waals surface area (Å²) in [5, 5.41) is 6.83. The first-order chi connectivity index (χ1) is 15.9. The van der Waals surface area contributed by atoms with E-state index in [0.717, 1.165) is 35.0 Å². The molecule has 2 heterocycles. The Balaban J connectivity index is 2.22. The zero-order chi connectivity index (χ0) is 25.2. The predicted octanol–water partition coefficient (Wildman–Crippen LogP) is 5.19. The predicted molar refractivity (Wildman–Crippen MR) is 141 cm³/mol. The van der Waals surface area contributed by atoms with Gasteiger partial charge in [-0.25, -0.2) is 0 Å². The van der Waals surface area contributed by atoms with Crippen LogP contribution in [-0.4, -0.2) is 28.9 Å². The topological polar surface area (TPSA) is 74.0 Å². The summed E-state index contributed by atoms with van der Waals surface area (Å²) in [6.07, 6.45) is 8.52. The van der Waals surface area contributed by atoms with Gasteiger partial charge < -0.3 is 15.6 Å². The van der Waals surface area contributed by atoms with E-state index in [1.54, 1.807) is 6.92 Å². The van der Waals surface area contributed by atoms with Crippen molar-refractivity contribution in [2.24, 2.45) is 0 Å². The Bertz CT molecular complexity index is 1170. The molecule has 0 spiro atoms. The quantitative estimate of drug-likeness (QED) is 0.473. The fourth-order valence-corrected chi connectivity index (χ4v) is 4.36. The zero-order valence-corrected chi connectivity index (χ0v) is 21.7. The number of fused-ring (bicyclic) bond motifs is 1. The Labute approximate surface area is 203 Å². The van der Waals surface area contributed by atoms with Gasteiger partial charge in [0.1, 0.15) is 12.1 Å². The summed E-state index contributed by atoms with van der Waals surface area (Å²) < 4.78 is 0. The molecule has 34 heavy (non-hydrogen) atoms. The van der Waals surface area contributed by atoms with Crippen LogP contribution in [0.4, 0.5) is 0 Å². The summed E-state index contributed by atoms with van der Waals surface area (Å²) in [5.41, 5.74) is 7.89. The van der Waals surface area contributed by atoms with E-state index in [4.69, 9.17) is 0 Å². The molecule has 1 fully saturated rings. The van der Waals surface area contributed by atoms with Crippen LogP contribution < -0.4 is 10.6 Å². The number of aromatic amines is 1. The number of rotatable bonds is 8. The summed E-state index contributed by atoms with van der Waals surface area (Å²) in [6.45, 7) is 18.5. The van der Waals surface area contributed by atoms with Crippen molar-refractivity contribution in [3.63, 3.8) is 0 Å². The zero-order valence-electron chi connectivity index (χ0n) is 21.7. The SMILES string of the molecule is C=CC(C)(C)c1[nH]c2c(CC=C(C)C)cc(CC=C(C)C)cc2c1C[C@@H]1NC(=O)[C@H](C)NC1=O. The van der Waals surface area contributed by atoms with Crippen LogP contribution >= 0.6 is 0 Å². The molecule has 1 aromatic carbocycles. The highest BCUT2D eigenvalue weighted by atomic mass is 16.2. The standard InChI is InChI=1S/C29H39N3O2/c1-9-29(7,8)26-23(16-24-28(34)30-19(6)27(33)31-24)22-15-20(12-10-17(2)3)14-21(25(22)32-26)13-11-18(4)5/h9-11,14-15,19,24,32H,1,12-13,16H2,2-8H3,(H,30,34)(H,31,33)/t19-,24-/m0/s1. The maximum absolute atomic E-state index is 12.8. The second-order valence-electron chi connectivity index (χ2n) is 10.5. The van der Waals surface area contributed by atoms with Gasteiger partial charge in [-0.2, -0.15) is 0 Å². The molecule has 3 rings (SSSR count). The third-order valence-corrected chi connectivity index (χ3v) is 6.58. The van der Waals surface area contributed by atoms with E-state index in [-0.39, 0.29) is 17.2 Å². The van der Waals surface area contributed by atoms with E-state index in [9.17, 15) is 9.59 Å². The van der Waals surface area contributed by atoms with Crippen molar-refractivity contribution in [3.05, 3.63) is 70.5 Å². The van der Waals surface area contributed by atoms with Crippen LogP contribution in [0.1, 0.15) is 70.9 Å². The van der Waals surface area contributed by atoms with Gasteiger partial charge in [0, 0.05) is 28.4 Å². The molecule has 2 amide bonds. The van der Waals surface area contributed by atoms with Crippen LogP contribution in [-0.2, 0) is 34.3 Å². The van der Waals surface area contributed by atoms with E-state index in [0.29, 0.717) is 6.42 Å². The lowest BCUT2D eigenvalue weighted by Crippen LogP contribution is -2.61. The van der Waals surface area contributed by atoms with Gasteiger partial charge in [-0.15, -0.1) is 6.58 Å². The van der Waals surface area contributed by atoms with Crippen molar-refractivity contribution in [2.75, 3.05) is 0 Å². The molecular formula is C29H39N3O2. The molecule has 0 saturated carbocycles. The molecule has 2 atom stereocenters. The first kappa shape index (κ1) is 25.5. The van der Waals surface area contributed by atoms with Crippen LogP contribution in [0.2, 0.25) is 0 Å². The highest BCUT2D eigenvalue weighted by Crippen LogP contribution is 2.36. The number of benzene rings is 1. The molecule has 3 N–H and O–H groups in total. The molecule has 182 valence electrons. The fraction of sp³-hybridized carbons (Fsp3) is 0.448.